The summed E-state index contributed by atoms with van der Waals surface area (Å²) in [6.07, 6.45) is 2.25. The molecule has 0 fully saturated rings. The Hall–Kier alpha value is -1.87. The van der Waals surface area contributed by atoms with Crippen LogP contribution in [0.25, 0.3) is 0 Å². The average Bonchev–Trinajstić information content (AvgIpc) is 2.50. The molecule has 0 aromatic heterocycles. The lowest BCUT2D eigenvalue weighted by molar-refractivity contribution is 0.272. The fourth-order valence-corrected chi connectivity index (χ4v) is 2.29. The van der Waals surface area contributed by atoms with E-state index in [2.05, 4.69) is 36.5 Å². The van der Waals surface area contributed by atoms with Gasteiger partial charge in [-0.25, -0.2) is 4.39 Å². The van der Waals surface area contributed by atoms with Crippen molar-refractivity contribution in [1.82, 2.24) is 5.32 Å². The van der Waals surface area contributed by atoms with Gasteiger partial charge in [-0.05, 0) is 36.7 Å². The van der Waals surface area contributed by atoms with Crippen LogP contribution in [-0.2, 0) is 6.42 Å². The van der Waals surface area contributed by atoms with Crippen molar-refractivity contribution >= 4 is 0 Å². The van der Waals surface area contributed by atoms with Crippen LogP contribution in [0.15, 0.2) is 48.5 Å². The highest BCUT2D eigenvalue weighted by molar-refractivity contribution is 5.26. The third kappa shape index (κ3) is 4.57. The number of halogens is 1. The standard InChI is InChI=1S/C18H22FNO/c1-3-5-14-8-10-15(11-9-14)18(20-2)13-21-17-7-4-6-16(19)12-17/h4,6-12,18,20H,3,5,13H2,1-2H3. The van der Waals surface area contributed by atoms with Gasteiger partial charge in [0.15, 0.2) is 0 Å². The number of rotatable bonds is 7. The number of benzene rings is 2. The van der Waals surface area contributed by atoms with E-state index in [0.717, 1.165) is 12.8 Å². The van der Waals surface area contributed by atoms with Crippen molar-refractivity contribution in [2.45, 2.75) is 25.8 Å². The quantitative estimate of drug-likeness (QED) is 0.827. The lowest BCUT2D eigenvalue weighted by atomic mass is 10.0. The van der Waals surface area contributed by atoms with Crippen LogP contribution in [0.4, 0.5) is 4.39 Å². The van der Waals surface area contributed by atoms with Crippen molar-refractivity contribution in [1.29, 1.82) is 0 Å². The Morgan fingerprint density at radius 3 is 2.52 bits per heavy atom. The summed E-state index contributed by atoms with van der Waals surface area (Å²) in [5.41, 5.74) is 2.52. The molecule has 2 aromatic carbocycles. The first-order valence-corrected chi connectivity index (χ1v) is 7.37. The molecule has 1 unspecified atom stereocenters. The SMILES string of the molecule is CCCc1ccc(C(COc2cccc(F)c2)NC)cc1. The first kappa shape index (κ1) is 15.5. The van der Waals surface area contributed by atoms with Gasteiger partial charge in [0.2, 0.25) is 0 Å². The minimum atomic E-state index is -0.280. The number of hydrogen-bond donors (Lipinski definition) is 1. The molecule has 2 nitrogen and oxygen atoms in total. The highest BCUT2D eigenvalue weighted by Gasteiger charge is 2.10. The zero-order valence-electron chi connectivity index (χ0n) is 12.6. The molecule has 112 valence electrons. The molecular formula is C18H22FNO. The van der Waals surface area contributed by atoms with E-state index in [0.29, 0.717) is 12.4 Å². The molecule has 1 N–H and O–H groups in total. The molecule has 0 aliphatic carbocycles. The molecule has 21 heavy (non-hydrogen) atoms. The van der Waals surface area contributed by atoms with Gasteiger partial charge in [0.05, 0.1) is 6.04 Å². The zero-order valence-corrected chi connectivity index (χ0v) is 12.6. The van der Waals surface area contributed by atoms with Gasteiger partial charge in [-0.2, -0.15) is 0 Å². The third-order valence-corrected chi connectivity index (χ3v) is 3.48. The van der Waals surface area contributed by atoms with E-state index in [-0.39, 0.29) is 11.9 Å². The van der Waals surface area contributed by atoms with Crippen molar-refractivity contribution in [2.75, 3.05) is 13.7 Å². The smallest absolute Gasteiger partial charge is 0.126 e. The summed E-state index contributed by atoms with van der Waals surface area (Å²) < 4.78 is 18.8. The maximum absolute atomic E-state index is 13.1. The van der Waals surface area contributed by atoms with Crippen molar-refractivity contribution in [3.05, 3.63) is 65.5 Å². The van der Waals surface area contributed by atoms with Gasteiger partial charge >= 0.3 is 0 Å². The molecule has 0 amide bonds. The number of likely N-dealkylation sites (N-methyl/N-ethyl adjacent to an activating group) is 1. The van der Waals surface area contributed by atoms with Crippen molar-refractivity contribution in [2.24, 2.45) is 0 Å². The highest BCUT2D eigenvalue weighted by Crippen LogP contribution is 2.18. The second kappa shape index (κ2) is 7.79. The van der Waals surface area contributed by atoms with E-state index in [1.807, 2.05) is 7.05 Å². The Balaban J connectivity index is 1.99. The second-order valence-electron chi connectivity index (χ2n) is 5.10. The van der Waals surface area contributed by atoms with E-state index in [4.69, 9.17) is 4.74 Å². The molecule has 2 aromatic rings. The monoisotopic (exact) mass is 287 g/mol. The van der Waals surface area contributed by atoms with Crippen LogP contribution < -0.4 is 10.1 Å². The summed E-state index contributed by atoms with van der Waals surface area (Å²) in [7, 11) is 1.90. The van der Waals surface area contributed by atoms with Crippen LogP contribution in [0.3, 0.4) is 0 Å². The number of nitrogens with one attached hydrogen (secondary N) is 1. The molecule has 0 aliphatic heterocycles. The first-order valence-electron chi connectivity index (χ1n) is 7.37. The molecule has 0 radical (unpaired) electrons. The van der Waals surface area contributed by atoms with E-state index < -0.39 is 0 Å². The number of ether oxygens (including phenoxy) is 1. The Kier molecular flexibility index (Phi) is 5.76. The Bertz CT molecular complexity index is 553. The summed E-state index contributed by atoms with van der Waals surface area (Å²) in [5.74, 6) is 0.273. The van der Waals surface area contributed by atoms with Crippen molar-refractivity contribution in [3.8, 4) is 5.75 Å². The number of hydrogen-bond acceptors (Lipinski definition) is 2. The zero-order chi connectivity index (χ0) is 15.1. The average molecular weight is 287 g/mol. The molecule has 0 saturated carbocycles. The van der Waals surface area contributed by atoms with Crippen molar-refractivity contribution in [3.63, 3.8) is 0 Å². The molecule has 0 heterocycles. The fraction of sp³-hybridized carbons (Fsp3) is 0.333. The van der Waals surface area contributed by atoms with Crippen LogP contribution in [0.1, 0.15) is 30.5 Å². The van der Waals surface area contributed by atoms with E-state index in [1.165, 1.54) is 23.3 Å². The van der Waals surface area contributed by atoms with Gasteiger partial charge in [0.25, 0.3) is 0 Å². The Morgan fingerprint density at radius 1 is 1.14 bits per heavy atom. The van der Waals surface area contributed by atoms with Crippen LogP contribution in [-0.4, -0.2) is 13.7 Å². The van der Waals surface area contributed by atoms with Crippen LogP contribution in [0.2, 0.25) is 0 Å². The third-order valence-electron chi connectivity index (χ3n) is 3.48. The van der Waals surface area contributed by atoms with Crippen LogP contribution in [0, 0.1) is 5.82 Å². The first-order chi connectivity index (χ1) is 10.2. The molecule has 1 atom stereocenters. The summed E-state index contributed by atoms with van der Waals surface area (Å²) in [5, 5.41) is 3.24. The van der Waals surface area contributed by atoms with E-state index in [9.17, 15) is 4.39 Å². The fourth-order valence-electron chi connectivity index (χ4n) is 2.29. The molecule has 0 spiro atoms. The topological polar surface area (TPSA) is 21.3 Å². The maximum atomic E-state index is 13.1. The van der Waals surface area contributed by atoms with E-state index in [1.54, 1.807) is 12.1 Å². The Labute approximate surface area is 126 Å². The minimum absolute atomic E-state index is 0.0870. The van der Waals surface area contributed by atoms with Gasteiger partial charge in [-0.15, -0.1) is 0 Å². The van der Waals surface area contributed by atoms with Gasteiger partial charge in [0, 0.05) is 6.07 Å². The van der Waals surface area contributed by atoms with Crippen LogP contribution >= 0.6 is 0 Å². The van der Waals surface area contributed by atoms with Gasteiger partial charge < -0.3 is 10.1 Å². The summed E-state index contributed by atoms with van der Waals surface area (Å²) in [4.78, 5) is 0. The molecule has 0 aliphatic rings. The minimum Gasteiger partial charge on any atom is -0.492 e. The van der Waals surface area contributed by atoms with E-state index >= 15 is 0 Å². The van der Waals surface area contributed by atoms with Gasteiger partial charge in [0.1, 0.15) is 18.2 Å². The van der Waals surface area contributed by atoms with Gasteiger partial charge in [-0.3, -0.25) is 0 Å². The predicted octanol–water partition coefficient (Wildman–Crippen LogP) is 4.12. The number of aryl methyl sites for hydroxylation is 1. The largest absolute Gasteiger partial charge is 0.492 e. The lowest BCUT2D eigenvalue weighted by Gasteiger charge is -2.18. The molecule has 2 rings (SSSR count). The maximum Gasteiger partial charge on any atom is 0.126 e. The normalized spacial score (nSPS) is 12.1. The molecule has 3 heteroatoms. The highest BCUT2D eigenvalue weighted by atomic mass is 19.1. The molecular weight excluding hydrogens is 265 g/mol. The summed E-state index contributed by atoms with van der Waals surface area (Å²) >= 11 is 0. The lowest BCUT2D eigenvalue weighted by Crippen LogP contribution is -2.23. The predicted molar refractivity (Wildman–Crippen MR) is 84.1 cm³/mol. The van der Waals surface area contributed by atoms with Gasteiger partial charge in [-0.1, -0.05) is 43.7 Å². The summed E-state index contributed by atoms with van der Waals surface area (Å²) in [6.45, 7) is 2.64. The summed E-state index contributed by atoms with van der Waals surface area (Å²) in [6, 6.07) is 14.9. The Morgan fingerprint density at radius 2 is 1.90 bits per heavy atom. The molecule has 0 bridgehead atoms. The second-order valence-corrected chi connectivity index (χ2v) is 5.10. The van der Waals surface area contributed by atoms with Crippen molar-refractivity contribution < 1.29 is 9.13 Å². The molecule has 0 saturated heterocycles. The van der Waals surface area contributed by atoms with Crippen LogP contribution in [0.5, 0.6) is 5.75 Å².